The van der Waals surface area contributed by atoms with Crippen molar-refractivity contribution >= 4 is 22.8 Å². The maximum absolute atomic E-state index is 12.5. The van der Waals surface area contributed by atoms with E-state index in [9.17, 15) is 4.79 Å². The Morgan fingerprint density at radius 3 is 2.92 bits per heavy atom. The Morgan fingerprint density at radius 1 is 1.28 bits per heavy atom. The van der Waals surface area contributed by atoms with E-state index in [0.29, 0.717) is 29.4 Å². The fourth-order valence-corrected chi connectivity index (χ4v) is 2.41. The second-order valence-corrected chi connectivity index (χ2v) is 5.92. The minimum atomic E-state index is -0.262. The van der Waals surface area contributed by atoms with Gasteiger partial charge in [-0.15, -0.1) is 0 Å². The van der Waals surface area contributed by atoms with E-state index in [-0.39, 0.29) is 5.91 Å². The summed E-state index contributed by atoms with van der Waals surface area (Å²) in [6.45, 7) is 1.53. The summed E-state index contributed by atoms with van der Waals surface area (Å²) in [6, 6.07) is 9.01. The van der Waals surface area contributed by atoms with Crippen molar-refractivity contribution in [3.8, 4) is 5.88 Å². The number of nitrogens with one attached hydrogen (secondary N) is 2. The number of anilines is 1. The molecule has 0 spiro atoms. The Morgan fingerprint density at radius 2 is 2.16 bits per heavy atom. The van der Waals surface area contributed by atoms with Gasteiger partial charge in [0.15, 0.2) is 0 Å². The highest BCUT2D eigenvalue weighted by Gasteiger charge is 2.14. The van der Waals surface area contributed by atoms with Crippen LogP contribution in [0.5, 0.6) is 5.88 Å². The zero-order valence-electron chi connectivity index (χ0n) is 14.3. The lowest BCUT2D eigenvalue weighted by Crippen LogP contribution is -2.15. The summed E-state index contributed by atoms with van der Waals surface area (Å²) < 4.78 is 5.69. The van der Waals surface area contributed by atoms with E-state index in [1.54, 1.807) is 30.6 Å². The standard InChI is InChI=1S/C18H21N5O2/c1-23(2)10-5-11-25-16-8-7-14-17(22-16)13(12-20-14)18(24)21-15-6-3-4-9-19-15/h3-4,6-9,12,20H,5,10-11H2,1-2H3,(H,19,21,24). The number of hydrogen-bond acceptors (Lipinski definition) is 5. The lowest BCUT2D eigenvalue weighted by atomic mass is 10.2. The monoisotopic (exact) mass is 339 g/mol. The average molecular weight is 339 g/mol. The van der Waals surface area contributed by atoms with Gasteiger partial charge in [-0.05, 0) is 38.7 Å². The maximum Gasteiger partial charge on any atom is 0.260 e. The average Bonchev–Trinajstić information content (AvgIpc) is 3.03. The predicted molar refractivity (Wildman–Crippen MR) is 96.9 cm³/mol. The van der Waals surface area contributed by atoms with Gasteiger partial charge in [0.25, 0.3) is 5.91 Å². The molecule has 3 aromatic heterocycles. The molecule has 0 radical (unpaired) electrons. The highest BCUT2D eigenvalue weighted by atomic mass is 16.5. The first-order chi connectivity index (χ1) is 12.1. The second kappa shape index (κ2) is 7.76. The fraction of sp³-hybridized carbons (Fsp3) is 0.278. The minimum Gasteiger partial charge on any atom is -0.478 e. The number of ether oxygens (including phenoxy) is 1. The number of hydrogen-bond donors (Lipinski definition) is 2. The molecule has 0 aliphatic heterocycles. The van der Waals surface area contributed by atoms with Gasteiger partial charge in [0, 0.05) is 25.0 Å². The Hall–Kier alpha value is -2.93. The van der Waals surface area contributed by atoms with Crippen LogP contribution in [0, 0.1) is 0 Å². The number of aromatic amines is 1. The van der Waals surface area contributed by atoms with Gasteiger partial charge < -0.3 is 19.9 Å². The Bertz CT molecular complexity index is 845. The number of aromatic nitrogens is 3. The third-order valence-corrected chi connectivity index (χ3v) is 3.65. The Labute approximate surface area is 146 Å². The van der Waals surface area contributed by atoms with Crippen LogP contribution >= 0.6 is 0 Å². The van der Waals surface area contributed by atoms with Crippen molar-refractivity contribution in [1.29, 1.82) is 0 Å². The van der Waals surface area contributed by atoms with Crippen LogP contribution in [-0.2, 0) is 0 Å². The molecular weight excluding hydrogens is 318 g/mol. The van der Waals surface area contributed by atoms with Gasteiger partial charge in [0.2, 0.25) is 5.88 Å². The SMILES string of the molecule is CN(C)CCCOc1ccc2[nH]cc(C(=O)Nc3ccccn3)c2n1. The molecule has 0 aromatic carbocycles. The highest BCUT2D eigenvalue weighted by molar-refractivity contribution is 6.11. The van der Waals surface area contributed by atoms with E-state index >= 15 is 0 Å². The van der Waals surface area contributed by atoms with Crippen LogP contribution in [0.4, 0.5) is 5.82 Å². The van der Waals surface area contributed by atoms with Gasteiger partial charge in [-0.1, -0.05) is 6.07 Å². The van der Waals surface area contributed by atoms with Gasteiger partial charge in [-0.25, -0.2) is 9.97 Å². The van der Waals surface area contributed by atoms with E-state index in [1.165, 1.54) is 0 Å². The molecule has 0 bridgehead atoms. The van der Waals surface area contributed by atoms with Gasteiger partial charge in [-0.3, -0.25) is 4.79 Å². The summed E-state index contributed by atoms with van der Waals surface area (Å²) in [7, 11) is 4.05. The van der Waals surface area contributed by atoms with Crippen LogP contribution in [0.1, 0.15) is 16.8 Å². The van der Waals surface area contributed by atoms with E-state index in [4.69, 9.17) is 4.74 Å². The zero-order chi connectivity index (χ0) is 17.6. The van der Waals surface area contributed by atoms with Gasteiger partial charge in [0.1, 0.15) is 11.3 Å². The van der Waals surface area contributed by atoms with E-state index in [0.717, 1.165) is 18.5 Å². The summed E-state index contributed by atoms with van der Waals surface area (Å²) in [6.07, 6.45) is 4.18. The lowest BCUT2D eigenvalue weighted by Gasteiger charge is -2.10. The van der Waals surface area contributed by atoms with Crippen molar-refractivity contribution in [2.24, 2.45) is 0 Å². The van der Waals surface area contributed by atoms with Gasteiger partial charge in [-0.2, -0.15) is 0 Å². The normalized spacial score (nSPS) is 11.0. The lowest BCUT2D eigenvalue weighted by molar-refractivity contribution is 0.102. The third-order valence-electron chi connectivity index (χ3n) is 3.65. The van der Waals surface area contributed by atoms with E-state index < -0.39 is 0 Å². The number of nitrogens with zero attached hydrogens (tertiary/aromatic N) is 3. The predicted octanol–water partition coefficient (Wildman–Crippen LogP) is 2.54. The van der Waals surface area contributed by atoms with Crippen LogP contribution < -0.4 is 10.1 Å². The molecule has 3 rings (SSSR count). The largest absolute Gasteiger partial charge is 0.478 e. The highest BCUT2D eigenvalue weighted by Crippen LogP contribution is 2.20. The second-order valence-electron chi connectivity index (χ2n) is 5.92. The number of fused-ring (bicyclic) bond motifs is 1. The molecule has 3 aromatic rings. The molecule has 0 unspecified atom stereocenters. The molecule has 0 saturated carbocycles. The summed E-state index contributed by atoms with van der Waals surface area (Å²) >= 11 is 0. The number of carbonyl (C=O) groups excluding carboxylic acids is 1. The molecule has 7 heteroatoms. The third kappa shape index (κ3) is 4.33. The number of pyridine rings is 2. The van der Waals surface area contributed by atoms with E-state index in [1.807, 2.05) is 26.2 Å². The van der Waals surface area contributed by atoms with Crippen molar-refractivity contribution in [1.82, 2.24) is 19.9 Å². The van der Waals surface area contributed by atoms with Crippen molar-refractivity contribution in [2.45, 2.75) is 6.42 Å². The quantitative estimate of drug-likeness (QED) is 0.646. The van der Waals surface area contributed by atoms with Crippen molar-refractivity contribution in [3.05, 3.63) is 48.3 Å². The number of amides is 1. The Kier molecular flexibility index (Phi) is 5.25. The number of rotatable bonds is 7. The summed E-state index contributed by atoms with van der Waals surface area (Å²) in [5, 5.41) is 2.76. The molecular formula is C18H21N5O2. The fourth-order valence-electron chi connectivity index (χ4n) is 2.41. The van der Waals surface area contributed by atoms with Crippen molar-refractivity contribution < 1.29 is 9.53 Å². The maximum atomic E-state index is 12.5. The molecule has 130 valence electrons. The van der Waals surface area contributed by atoms with Crippen LogP contribution in [0.3, 0.4) is 0 Å². The molecule has 3 heterocycles. The molecule has 2 N–H and O–H groups in total. The summed E-state index contributed by atoms with van der Waals surface area (Å²) in [5.41, 5.74) is 1.82. The van der Waals surface area contributed by atoms with Crippen molar-refractivity contribution in [3.63, 3.8) is 0 Å². The van der Waals surface area contributed by atoms with Crippen LogP contribution in [0.2, 0.25) is 0 Å². The minimum absolute atomic E-state index is 0.262. The van der Waals surface area contributed by atoms with Gasteiger partial charge in [0.05, 0.1) is 17.7 Å². The summed E-state index contributed by atoms with van der Waals surface area (Å²) in [4.78, 5) is 26.2. The zero-order valence-corrected chi connectivity index (χ0v) is 14.3. The Balaban J connectivity index is 1.73. The molecule has 0 aliphatic rings. The van der Waals surface area contributed by atoms with Crippen LogP contribution in [0.25, 0.3) is 11.0 Å². The molecule has 25 heavy (non-hydrogen) atoms. The smallest absolute Gasteiger partial charge is 0.260 e. The van der Waals surface area contributed by atoms with Crippen LogP contribution in [-0.4, -0.2) is 53.0 Å². The summed E-state index contributed by atoms with van der Waals surface area (Å²) in [5.74, 6) is 0.748. The molecule has 1 amide bonds. The molecule has 0 atom stereocenters. The number of H-pyrrole nitrogens is 1. The first-order valence-electron chi connectivity index (χ1n) is 8.11. The topological polar surface area (TPSA) is 83.1 Å². The van der Waals surface area contributed by atoms with Crippen LogP contribution in [0.15, 0.2) is 42.7 Å². The molecule has 0 fully saturated rings. The first kappa shape index (κ1) is 16.9. The first-order valence-corrected chi connectivity index (χ1v) is 8.11. The molecule has 7 nitrogen and oxygen atoms in total. The molecule has 0 aliphatic carbocycles. The van der Waals surface area contributed by atoms with Crippen molar-refractivity contribution in [2.75, 3.05) is 32.6 Å². The van der Waals surface area contributed by atoms with E-state index in [2.05, 4.69) is 25.2 Å². The number of carbonyl (C=O) groups is 1. The molecule has 0 saturated heterocycles. The van der Waals surface area contributed by atoms with Gasteiger partial charge >= 0.3 is 0 Å².